The summed E-state index contributed by atoms with van der Waals surface area (Å²) in [5.41, 5.74) is 1.65. The van der Waals surface area contributed by atoms with Crippen molar-refractivity contribution >= 4 is 11.4 Å². The van der Waals surface area contributed by atoms with Crippen LogP contribution in [0.3, 0.4) is 0 Å². The third-order valence-corrected chi connectivity index (χ3v) is 4.37. The van der Waals surface area contributed by atoms with Crippen LogP contribution >= 0.6 is 0 Å². The van der Waals surface area contributed by atoms with Gasteiger partial charge in [0.05, 0.1) is 34.7 Å². The van der Waals surface area contributed by atoms with Crippen molar-refractivity contribution in [2.45, 2.75) is 6.42 Å². The van der Waals surface area contributed by atoms with Crippen molar-refractivity contribution in [1.29, 1.82) is 5.26 Å². The fourth-order valence-electron chi connectivity index (χ4n) is 2.85. The van der Waals surface area contributed by atoms with Crippen LogP contribution in [0.25, 0.3) is 11.1 Å². The van der Waals surface area contributed by atoms with E-state index in [1.165, 1.54) is 6.07 Å². The molecule has 0 N–H and O–H groups in total. The highest BCUT2D eigenvalue weighted by molar-refractivity contribution is 5.65. The molecule has 0 saturated carbocycles. The van der Waals surface area contributed by atoms with E-state index in [4.69, 9.17) is 14.7 Å². The van der Waals surface area contributed by atoms with Crippen molar-refractivity contribution in [2.75, 3.05) is 13.2 Å². The lowest BCUT2D eigenvalue weighted by atomic mass is 10.0. The number of hydrogen-bond donors (Lipinski definition) is 0. The molecule has 156 valence electrons. The molecular formula is C22H17N3O6. The van der Waals surface area contributed by atoms with E-state index in [1.54, 1.807) is 24.3 Å². The van der Waals surface area contributed by atoms with E-state index >= 15 is 0 Å². The largest absolute Gasteiger partial charge is 0.493 e. The maximum Gasteiger partial charge on any atom is 0.318 e. The van der Waals surface area contributed by atoms with Crippen molar-refractivity contribution in [3.8, 4) is 28.7 Å². The van der Waals surface area contributed by atoms with Crippen LogP contribution in [-0.4, -0.2) is 23.1 Å². The smallest absolute Gasteiger partial charge is 0.318 e. The summed E-state index contributed by atoms with van der Waals surface area (Å²) in [5.74, 6) is 0.276. The quantitative estimate of drug-likeness (QED) is 0.274. The Morgan fingerprint density at radius 2 is 1.29 bits per heavy atom. The summed E-state index contributed by atoms with van der Waals surface area (Å²) in [6, 6.07) is 20.3. The summed E-state index contributed by atoms with van der Waals surface area (Å²) in [6.45, 7) is 0.291. The molecule has 0 aliphatic carbocycles. The van der Waals surface area contributed by atoms with Crippen LogP contribution in [0.15, 0.2) is 66.7 Å². The molecule has 31 heavy (non-hydrogen) atoms. The number of ether oxygens (including phenoxy) is 2. The van der Waals surface area contributed by atoms with Crippen molar-refractivity contribution in [2.24, 2.45) is 0 Å². The molecule has 3 aromatic carbocycles. The first kappa shape index (κ1) is 21.3. The zero-order valence-electron chi connectivity index (χ0n) is 16.3. The monoisotopic (exact) mass is 419 g/mol. The lowest BCUT2D eigenvalue weighted by Crippen LogP contribution is -2.07. The van der Waals surface area contributed by atoms with Gasteiger partial charge in [-0.3, -0.25) is 20.2 Å². The van der Waals surface area contributed by atoms with Crippen molar-refractivity contribution in [3.63, 3.8) is 0 Å². The number of para-hydroxylation sites is 1. The van der Waals surface area contributed by atoms with Gasteiger partial charge in [-0.05, 0) is 41.5 Å². The average Bonchev–Trinajstić information content (AvgIpc) is 2.79. The summed E-state index contributed by atoms with van der Waals surface area (Å²) in [4.78, 5) is 20.8. The van der Waals surface area contributed by atoms with Gasteiger partial charge < -0.3 is 9.47 Å². The molecule has 3 rings (SSSR count). The van der Waals surface area contributed by atoms with E-state index < -0.39 is 21.2 Å². The van der Waals surface area contributed by atoms with Gasteiger partial charge in [0.15, 0.2) is 0 Å². The lowest BCUT2D eigenvalue weighted by molar-refractivity contribution is -0.396. The molecule has 0 amide bonds. The van der Waals surface area contributed by atoms with E-state index in [1.807, 2.05) is 24.3 Å². The standard InChI is InChI=1S/C22H17N3O6/c23-15-16-5-7-17(8-6-16)18-9-11-19(12-10-18)30-13-2-14-31-22-20(24(26)27)3-1-4-21(22)25(28)29/h1,3-12H,2,13-14H2. The van der Waals surface area contributed by atoms with E-state index in [0.717, 1.165) is 23.3 Å². The van der Waals surface area contributed by atoms with Crippen LogP contribution in [0.5, 0.6) is 11.5 Å². The Bertz CT molecular complexity index is 1090. The Morgan fingerprint density at radius 3 is 1.81 bits per heavy atom. The maximum atomic E-state index is 11.1. The molecule has 0 saturated heterocycles. The van der Waals surface area contributed by atoms with Gasteiger partial charge in [0.25, 0.3) is 5.75 Å². The van der Waals surface area contributed by atoms with Crippen LogP contribution in [0.1, 0.15) is 12.0 Å². The minimum Gasteiger partial charge on any atom is -0.493 e. The third-order valence-electron chi connectivity index (χ3n) is 4.37. The first-order valence-corrected chi connectivity index (χ1v) is 9.27. The molecule has 0 radical (unpaired) electrons. The number of hydrogen-bond acceptors (Lipinski definition) is 7. The van der Waals surface area contributed by atoms with E-state index in [0.29, 0.717) is 17.7 Å². The first-order chi connectivity index (χ1) is 15.0. The summed E-state index contributed by atoms with van der Waals surface area (Å²) < 4.78 is 11.0. The van der Waals surface area contributed by atoms with Crippen molar-refractivity contribution < 1.29 is 19.3 Å². The van der Waals surface area contributed by atoms with Gasteiger partial charge in [-0.15, -0.1) is 0 Å². The summed E-state index contributed by atoms with van der Waals surface area (Å²) in [7, 11) is 0. The van der Waals surface area contributed by atoms with Crippen LogP contribution < -0.4 is 9.47 Å². The number of nitrogens with zero attached hydrogens (tertiary/aromatic N) is 3. The van der Waals surface area contributed by atoms with Gasteiger partial charge in [0.2, 0.25) is 0 Å². The number of benzene rings is 3. The number of nitro groups is 2. The Balaban J connectivity index is 1.53. The summed E-state index contributed by atoms with van der Waals surface area (Å²) >= 11 is 0. The lowest BCUT2D eigenvalue weighted by Gasteiger charge is -2.09. The van der Waals surface area contributed by atoms with Crippen LogP contribution in [0.2, 0.25) is 0 Å². The molecule has 0 unspecified atom stereocenters. The highest BCUT2D eigenvalue weighted by atomic mass is 16.6. The summed E-state index contributed by atoms with van der Waals surface area (Å²) in [6.07, 6.45) is 0.376. The van der Waals surface area contributed by atoms with Crippen molar-refractivity contribution in [1.82, 2.24) is 0 Å². The highest BCUT2D eigenvalue weighted by Gasteiger charge is 2.26. The Kier molecular flexibility index (Phi) is 6.75. The second-order valence-electron chi connectivity index (χ2n) is 6.40. The Hall–Kier alpha value is -4.45. The Labute approximate surface area is 177 Å². The minimum absolute atomic E-state index is 0.0228. The maximum absolute atomic E-state index is 11.1. The topological polar surface area (TPSA) is 129 Å². The summed E-state index contributed by atoms with van der Waals surface area (Å²) in [5, 5.41) is 31.1. The molecule has 0 aromatic heterocycles. The van der Waals surface area contributed by atoms with Gasteiger partial charge in [0.1, 0.15) is 5.75 Å². The second kappa shape index (κ2) is 9.84. The number of nitriles is 1. The van der Waals surface area contributed by atoms with Gasteiger partial charge >= 0.3 is 11.4 Å². The Morgan fingerprint density at radius 1 is 0.774 bits per heavy atom. The molecule has 9 heteroatoms. The highest BCUT2D eigenvalue weighted by Crippen LogP contribution is 2.36. The average molecular weight is 419 g/mol. The van der Waals surface area contributed by atoms with Gasteiger partial charge in [-0.1, -0.05) is 24.3 Å². The first-order valence-electron chi connectivity index (χ1n) is 9.27. The van der Waals surface area contributed by atoms with Crippen LogP contribution in [-0.2, 0) is 0 Å². The molecule has 0 fully saturated rings. The van der Waals surface area contributed by atoms with E-state index in [2.05, 4.69) is 6.07 Å². The SMILES string of the molecule is N#Cc1ccc(-c2ccc(OCCCOc3c([N+](=O)[O-])cccc3[N+](=O)[O-])cc2)cc1. The molecule has 3 aromatic rings. The second-order valence-corrected chi connectivity index (χ2v) is 6.40. The molecule has 0 spiro atoms. The number of rotatable bonds is 9. The minimum atomic E-state index is -0.714. The molecule has 0 atom stereocenters. The van der Waals surface area contributed by atoms with Gasteiger partial charge in [-0.25, -0.2) is 0 Å². The molecule has 9 nitrogen and oxygen atoms in total. The fourth-order valence-corrected chi connectivity index (χ4v) is 2.85. The van der Waals surface area contributed by atoms with E-state index in [-0.39, 0.29) is 19.0 Å². The van der Waals surface area contributed by atoms with Crippen LogP contribution in [0, 0.1) is 31.6 Å². The predicted octanol–water partition coefficient (Wildman–Crippen LogP) is 4.89. The fraction of sp³-hybridized carbons (Fsp3) is 0.136. The zero-order valence-corrected chi connectivity index (χ0v) is 16.3. The van der Waals surface area contributed by atoms with Crippen molar-refractivity contribution in [3.05, 3.63) is 92.5 Å². The molecule has 0 bridgehead atoms. The van der Waals surface area contributed by atoms with Gasteiger partial charge in [-0.2, -0.15) is 5.26 Å². The predicted molar refractivity (Wildman–Crippen MR) is 112 cm³/mol. The number of nitro benzene ring substituents is 2. The van der Waals surface area contributed by atoms with Gasteiger partial charge in [0, 0.05) is 18.6 Å². The zero-order chi connectivity index (χ0) is 22.2. The molecule has 0 heterocycles. The molecular weight excluding hydrogens is 402 g/mol. The molecule has 0 aliphatic heterocycles. The van der Waals surface area contributed by atoms with E-state index in [9.17, 15) is 20.2 Å². The van der Waals surface area contributed by atoms with Crippen LogP contribution in [0.4, 0.5) is 11.4 Å². The normalized spacial score (nSPS) is 10.2. The molecule has 0 aliphatic rings. The third kappa shape index (κ3) is 5.33.